The first-order valence-corrected chi connectivity index (χ1v) is 5.61. The summed E-state index contributed by atoms with van der Waals surface area (Å²) in [6.45, 7) is 4.73. The predicted octanol–water partition coefficient (Wildman–Crippen LogP) is 1.19. The van der Waals surface area contributed by atoms with Crippen LogP contribution < -0.4 is 5.32 Å². The third-order valence-electron chi connectivity index (χ3n) is 2.43. The predicted molar refractivity (Wildman–Crippen MR) is 60.2 cm³/mol. The smallest absolute Gasteiger partial charge is 0.138 e. The standard InChI is InChI=1S/C9H12Cl2N4/c10-8-7(9(11)14-6-13-8)5-15-3-1-12-2-4-15/h6,12H,1-5H2. The molecule has 0 radical (unpaired) electrons. The summed E-state index contributed by atoms with van der Waals surface area (Å²) in [5.41, 5.74) is 0.822. The minimum Gasteiger partial charge on any atom is -0.314 e. The van der Waals surface area contributed by atoms with Crippen molar-refractivity contribution in [3.63, 3.8) is 0 Å². The molecule has 0 bridgehead atoms. The van der Waals surface area contributed by atoms with Crippen LogP contribution in [0.25, 0.3) is 0 Å². The van der Waals surface area contributed by atoms with Crippen LogP contribution in [0.3, 0.4) is 0 Å². The number of nitrogens with one attached hydrogen (secondary N) is 1. The molecule has 0 atom stereocenters. The molecule has 0 aromatic carbocycles. The summed E-state index contributed by atoms with van der Waals surface area (Å²) >= 11 is 11.9. The van der Waals surface area contributed by atoms with Crippen molar-refractivity contribution < 1.29 is 0 Å². The average Bonchev–Trinajstić information content (AvgIpc) is 2.25. The number of aromatic nitrogens is 2. The second kappa shape index (κ2) is 5.07. The van der Waals surface area contributed by atoms with Crippen molar-refractivity contribution in [1.29, 1.82) is 0 Å². The molecule has 1 aromatic heterocycles. The molecule has 1 N–H and O–H groups in total. The molecule has 0 amide bonds. The van der Waals surface area contributed by atoms with Gasteiger partial charge in [0.25, 0.3) is 0 Å². The minimum absolute atomic E-state index is 0.452. The van der Waals surface area contributed by atoms with Crippen LogP contribution in [0.5, 0.6) is 0 Å². The number of hydrogen-bond donors (Lipinski definition) is 1. The van der Waals surface area contributed by atoms with Gasteiger partial charge in [0, 0.05) is 38.3 Å². The topological polar surface area (TPSA) is 41.1 Å². The fourth-order valence-electron chi connectivity index (χ4n) is 1.59. The van der Waals surface area contributed by atoms with Crippen LogP contribution in [0.2, 0.25) is 10.3 Å². The van der Waals surface area contributed by atoms with Gasteiger partial charge in [0.05, 0.1) is 0 Å². The zero-order valence-corrected chi connectivity index (χ0v) is 9.72. The van der Waals surface area contributed by atoms with Gasteiger partial charge in [-0.25, -0.2) is 9.97 Å². The number of hydrogen-bond acceptors (Lipinski definition) is 4. The Morgan fingerprint density at radius 3 is 2.40 bits per heavy atom. The fraction of sp³-hybridized carbons (Fsp3) is 0.556. The zero-order chi connectivity index (χ0) is 10.7. The monoisotopic (exact) mass is 246 g/mol. The summed E-state index contributed by atoms with van der Waals surface area (Å²) < 4.78 is 0. The van der Waals surface area contributed by atoms with E-state index < -0.39 is 0 Å². The van der Waals surface area contributed by atoms with E-state index in [4.69, 9.17) is 23.2 Å². The largest absolute Gasteiger partial charge is 0.314 e. The van der Waals surface area contributed by atoms with E-state index in [1.807, 2.05) is 0 Å². The fourth-order valence-corrected chi connectivity index (χ4v) is 2.03. The minimum atomic E-state index is 0.452. The van der Waals surface area contributed by atoms with Gasteiger partial charge in [-0.05, 0) is 0 Å². The highest BCUT2D eigenvalue weighted by atomic mass is 35.5. The molecule has 4 nitrogen and oxygen atoms in total. The van der Waals surface area contributed by atoms with Crippen molar-refractivity contribution in [2.45, 2.75) is 6.54 Å². The molecule has 1 fully saturated rings. The SMILES string of the molecule is Clc1ncnc(Cl)c1CN1CCNCC1. The maximum absolute atomic E-state index is 5.97. The van der Waals surface area contributed by atoms with E-state index in [1.54, 1.807) is 0 Å². The van der Waals surface area contributed by atoms with Crippen LogP contribution in [-0.2, 0) is 6.54 Å². The third-order valence-corrected chi connectivity index (χ3v) is 3.08. The molecule has 2 rings (SSSR count). The van der Waals surface area contributed by atoms with Gasteiger partial charge in [-0.3, -0.25) is 4.90 Å². The Balaban J connectivity index is 2.09. The molecule has 0 unspecified atom stereocenters. The van der Waals surface area contributed by atoms with Crippen molar-refractivity contribution in [2.24, 2.45) is 0 Å². The Bertz CT molecular complexity index is 319. The first kappa shape index (κ1) is 11.1. The van der Waals surface area contributed by atoms with Gasteiger partial charge in [0.2, 0.25) is 0 Å². The molecular formula is C9H12Cl2N4. The van der Waals surface area contributed by atoms with E-state index in [-0.39, 0.29) is 0 Å². The van der Waals surface area contributed by atoms with Gasteiger partial charge in [0.1, 0.15) is 16.6 Å². The Morgan fingerprint density at radius 2 is 1.80 bits per heavy atom. The van der Waals surface area contributed by atoms with Crippen molar-refractivity contribution in [3.8, 4) is 0 Å². The summed E-state index contributed by atoms with van der Waals surface area (Å²) in [6.07, 6.45) is 1.38. The maximum atomic E-state index is 5.97. The quantitative estimate of drug-likeness (QED) is 0.797. The highest BCUT2D eigenvalue weighted by Gasteiger charge is 2.15. The second-order valence-corrected chi connectivity index (χ2v) is 4.18. The lowest BCUT2D eigenvalue weighted by Crippen LogP contribution is -2.43. The van der Waals surface area contributed by atoms with Gasteiger partial charge >= 0.3 is 0 Å². The highest BCUT2D eigenvalue weighted by Crippen LogP contribution is 2.21. The van der Waals surface area contributed by atoms with Gasteiger partial charge in [0.15, 0.2) is 0 Å². The van der Waals surface area contributed by atoms with Gasteiger partial charge in [-0.15, -0.1) is 0 Å². The number of nitrogens with zero attached hydrogens (tertiary/aromatic N) is 3. The van der Waals surface area contributed by atoms with Crippen LogP contribution in [0.4, 0.5) is 0 Å². The molecule has 1 saturated heterocycles. The maximum Gasteiger partial charge on any atom is 0.138 e. The van der Waals surface area contributed by atoms with Crippen molar-refractivity contribution >= 4 is 23.2 Å². The molecule has 1 aliphatic rings. The Kier molecular flexibility index (Phi) is 3.75. The van der Waals surface area contributed by atoms with Crippen LogP contribution in [0.15, 0.2) is 6.33 Å². The first-order valence-electron chi connectivity index (χ1n) is 4.85. The second-order valence-electron chi connectivity index (χ2n) is 3.46. The molecule has 2 heterocycles. The lowest BCUT2D eigenvalue weighted by molar-refractivity contribution is 0.233. The first-order chi connectivity index (χ1) is 7.27. The number of piperazine rings is 1. The van der Waals surface area contributed by atoms with Crippen molar-refractivity contribution in [1.82, 2.24) is 20.2 Å². The van der Waals surface area contributed by atoms with Gasteiger partial charge in [-0.1, -0.05) is 23.2 Å². The average molecular weight is 247 g/mol. The number of rotatable bonds is 2. The summed E-state index contributed by atoms with van der Waals surface area (Å²) in [7, 11) is 0. The van der Waals surface area contributed by atoms with E-state index in [9.17, 15) is 0 Å². The van der Waals surface area contributed by atoms with Crippen molar-refractivity contribution in [3.05, 3.63) is 22.2 Å². The summed E-state index contributed by atoms with van der Waals surface area (Å²) in [6, 6.07) is 0. The Labute approximate surface area is 98.6 Å². The summed E-state index contributed by atoms with van der Waals surface area (Å²) in [5, 5.41) is 4.20. The molecule has 15 heavy (non-hydrogen) atoms. The van der Waals surface area contributed by atoms with E-state index in [1.165, 1.54) is 6.33 Å². The van der Waals surface area contributed by atoms with E-state index >= 15 is 0 Å². The molecule has 6 heteroatoms. The molecular weight excluding hydrogens is 235 g/mol. The molecule has 0 saturated carbocycles. The molecule has 1 aromatic rings. The Hall–Kier alpha value is -0.420. The van der Waals surface area contributed by atoms with Crippen molar-refractivity contribution in [2.75, 3.05) is 26.2 Å². The molecule has 0 aliphatic carbocycles. The molecule has 82 valence electrons. The number of halogens is 2. The van der Waals surface area contributed by atoms with E-state index in [0.717, 1.165) is 38.3 Å². The summed E-state index contributed by atoms with van der Waals surface area (Å²) in [5.74, 6) is 0. The normalized spacial score (nSPS) is 18.0. The van der Waals surface area contributed by atoms with E-state index in [0.29, 0.717) is 10.3 Å². The third kappa shape index (κ3) is 2.78. The highest BCUT2D eigenvalue weighted by molar-refractivity contribution is 6.34. The van der Waals surface area contributed by atoms with Crippen LogP contribution in [0, 0.1) is 0 Å². The van der Waals surface area contributed by atoms with Crippen LogP contribution in [0.1, 0.15) is 5.56 Å². The lowest BCUT2D eigenvalue weighted by Gasteiger charge is -2.27. The Morgan fingerprint density at radius 1 is 1.20 bits per heavy atom. The molecule has 1 aliphatic heterocycles. The zero-order valence-electron chi connectivity index (χ0n) is 8.21. The van der Waals surface area contributed by atoms with E-state index in [2.05, 4.69) is 20.2 Å². The molecule has 0 spiro atoms. The lowest BCUT2D eigenvalue weighted by atomic mass is 10.3. The summed E-state index contributed by atoms with van der Waals surface area (Å²) in [4.78, 5) is 10.2. The van der Waals surface area contributed by atoms with Crippen LogP contribution in [-0.4, -0.2) is 41.0 Å². The van der Waals surface area contributed by atoms with Crippen LogP contribution >= 0.6 is 23.2 Å². The van der Waals surface area contributed by atoms with Gasteiger partial charge in [-0.2, -0.15) is 0 Å². The van der Waals surface area contributed by atoms with Gasteiger partial charge < -0.3 is 5.32 Å².